The van der Waals surface area contributed by atoms with Crippen molar-refractivity contribution in [1.82, 2.24) is 0 Å². The minimum atomic E-state index is -0.355. The SMILES string of the molecule is C=CC=Nc1c(CCC)cc(CCC(/C=C\C)c2ccccc2C(=C)/C=C\C=C(/C)B2OC(C)(C)C(C)(C)O2)c2ccccc12. The topological polar surface area (TPSA) is 30.8 Å². The number of rotatable bonds is 13. The first-order chi connectivity index (χ1) is 21.5. The summed E-state index contributed by atoms with van der Waals surface area (Å²) in [5.41, 5.74) is 7.52. The molecule has 0 bridgehead atoms. The third-order valence-electron chi connectivity index (χ3n) is 9.15. The lowest BCUT2D eigenvalue weighted by atomic mass is 9.79. The van der Waals surface area contributed by atoms with Crippen LogP contribution < -0.4 is 0 Å². The van der Waals surface area contributed by atoms with Crippen molar-refractivity contribution in [2.75, 3.05) is 0 Å². The Hall–Kier alpha value is -3.73. The molecule has 0 N–H and O–H groups in total. The molecular weight excluding hydrogens is 549 g/mol. The number of allylic oxidation sites excluding steroid dienone is 8. The van der Waals surface area contributed by atoms with Crippen LogP contribution in [0.15, 0.2) is 115 Å². The molecule has 4 heteroatoms. The highest BCUT2D eigenvalue weighted by Gasteiger charge is 2.51. The van der Waals surface area contributed by atoms with Gasteiger partial charge in [-0.3, -0.25) is 4.99 Å². The third-order valence-corrected chi connectivity index (χ3v) is 9.15. The molecule has 4 rings (SSSR count). The van der Waals surface area contributed by atoms with E-state index in [0.717, 1.165) is 42.4 Å². The summed E-state index contributed by atoms with van der Waals surface area (Å²) < 4.78 is 12.4. The van der Waals surface area contributed by atoms with Crippen molar-refractivity contribution in [2.45, 2.75) is 91.3 Å². The van der Waals surface area contributed by atoms with Gasteiger partial charge in [0.1, 0.15) is 0 Å². The van der Waals surface area contributed by atoms with Crippen LogP contribution in [0.3, 0.4) is 0 Å². The summed E-state index contributed by atoms with van der Waals surface area (Å²) in [5, 5.41) is 2.49. The zero-order chi connectivity index (χ0) is 32.6. The van der Waals surface area contributed by atoms with Crippen LogP contribution in [0.25, 0.3) is 16.3 Å². The van der Waals surface area contributed by atoms with E-state index in [-0.39, 0.29) is 24.2 Å². The number of benzene rings is 3. The molecule has 1 heterocycles. The summed E-state index contributed by atoms with van der Waals surface area (Å²) in [6.07, 6.45) is 18.3. The molecule has 3 nitrogen and oxygen atoms in total. The van der Waals surface area contributed by atoms with Gasteiger partial charge in [-0.1, -0.05) is 118 Å². The fraction of sp³-hybridized carbons (Fsp3) is 0.341. The van der Waals surface area contributed by atoms with Crippen molar-refractivity contribution in [1.29, 1.82) is 0 Å². The van der Waals surface area contributed by atoms with E-state index < -0.39 is 0 Å². The van der Waals surface area contributed by atoms with Gasteiger partial charge >= 0.3 is 7.12 Å². The van der Waals surface area contributed by atoms with Gasteiger partial charge in [0.15, 0.2) is 0 Å². The summed E-state index contributed by atoms with van der Waals surface area (Å²) >= 11 is 0. The van der Waals surface area contributed by atoms with Gasteiger partial charge in [-0.05, 0) is 99.5 Å². The Kier molecular flexibility index (Phi) is 11.4. The predicted molar refractivity (Wildman–Crippen MR) is 197 cm³/mol. The van der Waals surface area contributed by atoms with E-state index in [1.165, 1.54) is 33.0 Å². The molecule has 1 aliphatic heterocycles. The summed E-state index contributed by atoms with van der Waals surface area (Å²) in [6, 6.07) is 19.7. The van der Waals surface area contributed by atoms with Crippen LogP contribution in [0.4, 0.5) is 5.69 Å². The maximum absolute atomic E-state index is 6.22. The highest BCUT2D eigenvalue weighted by molar-refractivity contribution is 6.54. The van der Waals surface area contributed by atoms with Crippen LogP contribution >= 0.6 is 0 Å². The molecular formula is C41H50BNO2. The Morgan fingerprint density at radius 2 is 1.62 bits per heavy atom. The fourth-order valence-electron chi connectivity index (χ4n) is 5.97. The summed E-state index contributed by atoms with van der Waals surface area (Å²) in [4.78, 5) is 4.80. The average Bonchev–Trinajstić information content (AvgIpc) is 3.24. The van der Waals surface area contributed by atoms with Gasteiger partial charge in [-0.25, -0.2) is 0 Å². The molecule has 0 saturated carbocycles. The molecule has 0 amide bonds. The predicted octanol–water partition coefficient (Wildman–Crippen LogP) is 11.1. The quantitative estimate of drug-likeness (QED) is 0.0847. The first-order valence-corrected chi connectivity index (χ1v) is 16.3. The second kappa shape index (κ2) is 15.0. The van der Waals surface area contributed by atoms with Gasteiger partial charge < -0.3 is 9.31 Å². The third kappa shape index (κ3) is 7.93. The molecule has 0 aliphatic carbocycles. The van der Waals surface area contributed by atoms with Gasteiger partial charge in [0, 0.05) is 17.5 Å². The zero-order valence-corrected chi connectivity index (χ0v) is 28.4. The van der Waals surface area contributed by atoms with E-state index in [2.05, 4.69) is 147 Å². The Balaban J connectivity index is 1.59. The standard InChI is InChI=1S/C41H50BNO2/c1-10-18-32(26-27-33-29-34(19-11-2)39(43-28-12-3)38-25-16-15-24-37(33)38)36-23-14-13-22-35(36)30(4)20-17-21-31(5)42-44-40(6,7)41(8,9)45-42/h10,12-18,20-25,28-29,32H,3-4,11,19,26-27H2,1-2,5-9H3/b18-10-,20-17-,31-21+,43-28?. The molecule has 0 radical (unpaired) electrons. The van der Waals surface area contributed by atoms with Crippen LogP contribution in [0.5, 0.6) is 0 Å². The zero-order valence-electron chi connectivity index (χ0n) is 28.4. The molecule has 3 aromatic carbocycles. The van der Waals surface area contributed by atoms with Crippen LogP contribution in [0, 0.1) is 0 Å². The van der Waals surface area contributed by atoms with Crippen molar-refractivity contribution in [3.8, 4) is 0 Å². The molecule has 1 atom stereocenters. The van der Waals surface area contributed by atoms with Gasteiger partial charge in [0.25, 0.3) is 0 Å². The van der Waals surface area contributed by atoms with Crippen molar-refractivity contribution < 1.29 is 9.31 Å². The molecule has 3 aromatic rings. The molecule has 0 spiro atoms. The lowest BCUT2D eigenvalue weighted by Gasteiger charge is -2.32. The van der Waals surface area contributed by atoms with Crippen LogP contribution in [-0.2, 0) is 22.2 Å². The van der Waals surface area contributed by atoms with Crippen molar-refractivity contribution in [3.05, 3.63) is 132 Å². The Labute approximate surface area is 272 Å². The molecule has 234 valence electrons. The maximum atomic E-state index is 6.22. The highest BCUT2D eigenvalue weighted by atomic mass is 16.7. The first-order valence-electron chi connectivity index (χ1n) is 16.3. The minimum absolute atomic E-state index is 0.255. The van der Waals surface area contributed by atoms with Crippen LogP contribution in [-0.4, -0.2) is 24.5 Å². The summed E-state index contributed by atoms with van der Waals surface area (Å²) in [6.45, 7) is 23.0. The normalized spacial score (nSPS) is 17.2. The monoisotopic (exact) mass is 599 g/mol. The van der Waals surface area contributed by atoms with E-state index in [4.69, 9.17) is 14.3 Å². The molecule has 45 heavy (non-hydrogen) atoms. The van der Waals surface area contributed by atoms with Crippen LogP contribution in [0.2, 0.25) is 0 Å². The minimum Gasteiger partial charge on any atom is -0.400 e. The van der Waals surface area contributed by atoms with Crippen molar-refractivity contribution in [2.24, 2.45) is 4.99 Å². The molecule has 1 aliphatic rings. The summed E-state index contributed by atoms with van der Waals surface area (Å²) in [5.74, 6) is 0.255. The van der Waals surface area contributed by atoms with Gasteiger partial charge in [-0.15, -0.1) is 0 Å². The number of hydrogen-bond acceptors (Lipinski definition) is 3. The second-order valence-electron chi connectivity index (χ2n) is 13.0. The molecule has 1 saturated heterocycles. The lowest BCUT2D eigenvalue weighted by molar-refractivity contribution is 0.00578. The van der Waals surface area contributed by atoms with Crippen molar-refractivity contribution >= 4 is 35.4 Å². The second-order valence-corrected chi connectivity index (χ2v) is 13.0. The smallest absolute Gasteiger partial charge is 0.400 e. The number of hydrogen-bond donors (Lipinski definition) is 0. The number of nitrogens with zero attached hydrogens (tertiary/aromatic N) is 1. The van der Waals surface area contributed by atoms with E-state index in [1.807, 2.05) is 0 Å². The van der Waals surface area contributed by atoms with Gasteiger partial charge in [0.05, 0.1) is 16.9 Å². The van der Waals surface area contributed by atoms with Crippen molar-refractivity contribution in [3.63, 3.8) is 0 Å². The van der Waals surface area contributed by atoms with Crippen LogP contribution in [0.1, 0.15) is 89.5 Å². The van der Waals surface area contributed by atoms with E-state index in [1.54, 1.807) is 12.3 Å². The Morgan fingerprint density at radius 1 is 0.956 bits per heavy atom. The lowest BCUT2D eigenvalue weighted by Crippen LogP contribution is -2.41. The highest BCUT2D eigenvalue weighted by Crippen LogP contribution is 2.39. The van der Waals surface area contributed by atoms with E-state index in [0.29, 0.717) is 0 Å². The fourth-order valence-corrected chi connectivity index (χ4v) is 5.97. The first kappa shape index (κ1) is 34.2. The Morgan fingerprint density at radius 3 is 2.29 bits per heavy atom. The van der Waals surface area contributed by atoms with Gasteiger partial charge in [0.2, 0.25) is 0 Å². The van der Waals surface area contributed by atoms with Gasteiger partial charge in [-0.2, -0.15) is 0 Å². The maximum Gasteiger partial charge on any atom is 0.490 e. The summed E-state index contributed by atoms with van der Waals surface area (Å²) in [7, 11) is -0.351. The molecule has 0 aromatic heterocycles. The van der Waals surface area contributed by atoms with E-state index >= 15 is 0 Å². The average molecular weight is 600 g/mol. The number of fused-ring (bicyclic) bond motifs is 1. The Bertz CT molecular complexity index is 1620. The molecule has 1 fully saturated rings. The number of aliphatic imine (C=N–C) groups is 1. The largest absolute Gasteiger partial charge is 0.490 e. The molecule has 1 unspecified atom stereocenters. The number of aryl methyl sites for hydroxylation is 2. The van der Waals surface area contributed by atoms with E-state index in [9.17, 15) is 0 Å².